The molecule has 0 spiro atoms. The van der Waals surface area contributed by atoms with Crippen LogP contribution < -0.4 is 4.74 Å². The van der Waals surface area contributed by atoms with E-state index < -0.39 is 11.2 Å². The lowest BCUT2D eigenvalue weighted by Crippen LogP contribution is -2.29. The molecule has 6 rings (SSSR count). The topological polar surface area (TPSA) is 144 Å². The van der Waals surface area contributed by atoms with Gasteiger partial charge in [0.1, 0.15) is 17.7 Å². The third-order valence-corrected chi connectivity index (χ3v) is 7.96. The first-order valence-corrected chi connectivity index (χ1v) is 14.9. The quantitative estimate of drug-likeness (QED) is 0.141. The van der Waals surface area contributed by atoms with Crippen LogP contribution in [-0.4, -0.2) is 70.1 Å². The molecular weight excluding hydrogens is 581 g/mol. The Kier molecular flexibility index (Phi) is 8.12. The van der Waals surface area contributed by atoms with Crippen LogP contribution in [0.25, 0.3) is 11.3 Å². The molecule has 0 bridgehead atoms. The number of Topliss-reactive ketones (excluding diaryl/α,β-unsaturated/α-hetero) is 1. The van der Waals surface area contributed by atoms with E-state index in [1.165, 1.54) is 29.7 Å². The van der Waals surface area contributed by atoms with Gasteiger partial charge in [0.05, 0.1) is 43.3 Å². The maximum absolute atomic E-state index is 15.2. The molecule has 1 saturated carbocycles. The van der Waals surface area contributed by atoms with Crippen molar-refractivity contribution in [2.45, 2.75) is 65.3 Å². The number of methoxy groups -OCH3 is 1. The van der Waals surface area contributed by atoms with Gasteiger partial charge in [-0.15, -0.1) is 10.2 Å². The van der Waals surface area contributed by atoms with E-state index in [0.717, 1.165) is 29.7 Å². The summed E-state index contributed by atoms with van der Waals surface area (Å²) < 4.78 is 30.5. The lowest BCUT2D eigenvalue weighted by atomic mass is 9.85. The van der Waals surface area contributed by atoms with Gasteiger partial charge in [0.2, 0.25) is 0 Å². The molecule has 0 saturated heterocycles. The number of esters is 1. The average Bonchev–Trinajstić information content (AvgIpc) is 3.35. The smallest absolute Gasteiger partial charge is 0.311 e. The van der Waals surface area contributed by atoms with Gasteiger partial charge < -0.3 is 13.9 Å². The Morgan fingerprint density at radius 1 is 1.13 bits per heavy atom. The van der Waals surface area contributed by atoms with Crippen LogP contribution in [0.15, 0.2) is 43.1 Å². The van der Waals surface area contributed by atoms with Gasteiger partial charge in [-0.2, -0.15) is 0 Å². The molecule has 1 aromatic carbocycles. The molecule has 0 atom stereocenters. The van der Waals surface area contributed by atoms with Gasteiger partial charge >= 0.3 is 5.97 Å². The van der Waals surface area contributed by atoms with Crippen molar-refractivity contribution < 1.29 is 23.5 Å². The highest BCUT2D eigenvalue weighted by atomic mass is 19.1. The zero-order valence-electron chi connectivity index (χ0n) is 25.6. The zero-order valence-corrected chi connectivity index (χ0v) is 25.6. The molecule has 14 heteroatoms. The third kappa shape index (κ3) is 6.30. The van der Waals surface area contributed by atoms with Crippen LogP contribution in [0.3, 0.4) is 0 Å². The standard InChI is InChI=1S/C31H34FN9O4/c1-5-45-30(43)31(2,3)13-20-12-21(19-6-7-19)14-39-15-22(34-29(20)39)16-40-17-24(35-37-40)26(42)10-8-23-25(41-18-33-36-38-41)9-11-27(44-4)28(23)32/h9,11-12,14-15,17-19H,5-8,10,13,16H2,1-4H3. The lowest BCUT2D eigenvalue weighted by Gasteiger charge is -2.23. The van der Waals surface area contributed by atoms with Crippen LogP contribution in [0.5, 0.6) is 5.75 Å². The molecule has 0 N–H and O–H groups in total. The second kappa shape index (κ2) is 12.2. The number of benzene rings is 1. The van der Waals surface area contributed by atoms with Crippen molar-refractivity contribution in [3.05, 3.63) is 77.0 Å². The zero-order chi connectivity index (χ0) is 31.7. The number of carbonyl (C=O) groups excluding carboxylic acids is 2. The normalized spacial score (nSPS) is 13.4. The van der Waals surface area contributed by atoms with Crippen molar-refractivity contribution in [3.63, 3.8) is 0 Å². The molecule has 4 aromatic heterocycles. The van der Waals surface area contributed by atoms with Crippen molar-refractivity contribution in [1.29, 1.82) is 0 Å². The fourth-order valence-corrected chi connectivity index (χ4v) is 5.47. The number of nitrogens with zero attached hydrogens (tertiary/aromatic N) is 9. The Morgan fingerprint density at radius 2 is 1.96 bits per heavy atom. The summed E-state index contributed by atoms with van der Waals surface area (Å²) in [5.41, 5.74) is 3.81. The second-order valence-electron chi connectivity index (χ2n) is 11.9. The number of tetrazole rings is 1. The summed E-state index contributed by atoms with van der Waals surface area (Å²) in [6.07, 6.45) is 9.79. The molecule has 1 aliphatic rings. The van der Waals surface area contributed by atoms with Gasteiger partial charge in [-0.05, 0) is 86.1 Å². The summed E-state index contributed by atoms with van der Waals surface area (Å²) in [5.74, 6) is -0.540. The maximum Gasteiger partial charge on any atom is 0.311 e. The molecule has 5 aromatic rings. The number of rotatable bonds is 13. The third-order valence-electron chi connectivity index (χ3n) is 7.96. The fourth-order valence-electron chi connectivity index (χ4n) is 5.47. The van der Waals surface area contributed by atoms with Crippen molar-refractivity contribution in [1.82, 2.24) is 44.6 Å². The Hall–Kier alpha value is -5.01. The molecule has 4 heterocycles. The average molecular weight is 616 g/mol. The summed E-state index contributed by atoms with van der Waals surface area (Å²) in [4.78, 5) is 30.6. The Bertz CT molecular complexity index is 1860. The largest absolute Gasteiger partial charge is 0.494 e. The number of hydrogen-bond donors (Lipinski definition) is 0. The number of halogens is 1. The predicted octanol–water partition coefficient (Wildman–Crippen LogP) is 3.92. The minimum absolute atomic E-state index is 0.0180. The number of imidazole rings is 1. The summed E-state index contributed by atoms with van der Waals surface area (Å²) in [7, 11) is 1.38. The highest BCUT2D eigenvalue weighted by Crippen LogP contribution is 2.41. The van der Waals surface area contributed by atoms with E-state index in [4.69, 9.17) is 14.5 Å². The number of pyridine rings is 1. The van der Waals surface area contributed by atoms with Crippen LogP contribution in [0, 0.1) is 11.2 Å². The molecule has 234 valence electrons. The van der Waals surface area contributed by atoms with Gasteiger partial charge in [0, 0.05) is 24.4 Å². The van der Waals surface area contributed by atoms with E-state index in [1.54, 1.807) is 23.9 Å². The second-order valence-corrected chi connectivity index (χ2v) is 11.9. The van der Waals surface area contributed by atoms with Crippen LogP contribution in [0.1, 0.15) is 78.8 Å². The highest BCUT2D eigenvalue weighted by Gasteiger charge is 2.32. The molecule has 0 radical (unpaired) electrons. The van der Waals surface area contributed by atoms with Crippen LogP contribution in [0.4, 0.5) is 4.39 Å². The minimum Gasteiger partial charge on any atom is -0.494 e. The first-order chi connectivity index (χ1) is 21.7. The summed E-state index contributed by atoms with van der Waals surface area (Å²) in [5, 5.41) is 19.3. The first-order valence-electron chi connectivity index (χ1n) is 14.9. The number of aromatic nitrogens is 9. The first kappa shape index (κ1) is 30.0. The van der Waals surface area contributed by atoms with Gasteiger partial charge in [-0.3, -0.25) is 9.59 Å². The number of ether oxygens (including phenoxy) is 2. The van der Waals surface area contributed by atoms with Gasteiger partial charge in [0.15, 0.2) is 17.3 Å². The summed E-state index contributed by atoms with van der Waals surface area (Å²) in [6.45, 7) is 6.19. The molecule has 1 fully saturated rings. The number of ketones is 1. The summed E-state index contributed by atoms with van der Waals surface area (Å²) in [6, 6.07) is 5.28. The van der Waals surface area contributed by atoms with E-state index in [0.29, 0.717) is 24.6 Å². The van der Waals surface area contributed by atoms with Gasteiger partial charge in [0.25, 0.3) is 0 Å². The SMILES string of the molecule is CCOC(=O)C(C)(C)Cc1cc(C2CC2)cn2cc(Cn3cc(C(=O)CCc4c(-n5cnnn5)ccc(OC)c4F)nn3)nc12. The van der Waals surface area contributed by atoms with Crippen molar-refractivity contribution in [2.24, 2.45) is 5.41 Å². The molecular formula is C31H34FN9O4. The molecule has 13 nitrogen and oxygen atoms in total. The van der Waals surface area contributed by atoms with E-state index in [2.05, 4.69) is 38.1 Å². The fraction of sp³-hybridized carbons (Fsp3) is 0.419. The molecule has 0 aliphatic heterocycles. The molecule has 0 amide bonds. The van der Waals surface area contributed by atoms with Gasteiger partial charge in [-0.1, -0.05) is 11.3 Å². The van der Waals surface area contributed by atoms with Crippen molar-refractivity contribution >= 4 is 17.4 Å². The highest BCUT2D eigenvalue weighted by molar-refractivity contribution is 5.94. The Morgan fingerprint density at radius 3 is 2.67 bits per heavy atom. The number of carbonyl (C=O) groups is 2. The van der Waals surface area contributed by atoms with Gasteiger partial charge in [-0.25, -0.2) is 18.7 Å². The lowest BCUT2D eigenvalue weighted by molar-refractivity contribution is -0.153. The molecule has 0 unspecified atom stereocenters. The minimum atomic E-state index is -0.716. The predicted molar refractivity (Wildman–Crippen MR) is 159 cm³/mol. The summed E-state index contributed by atoms with van der Waals surface area (Å²) >= 11 is 0. The molecule has 45 heavy (non-hydrogen) atoms. The van der Waals surface area contributed by atoms with Crippen LogP contribution in [0.2, 0.25) is 0 Å². The van der Waals surface area contributed by atoms with Crippen molar-refractivity contribution in [2.75, 3.05) is 13.7 Å². The Labute approximate surface area is 258 Å². The van der Waals surface area contributed by atoms with Crippen LogP contribution >= 0.6 is 0 Å². The van der Waals surface area contributed by atoms with Crippen LogP contribution in [-0.2, 0) is 28.9 Å². The number of hydrogen-bond acceptors (Lipinski definition) is 10. The molecule has 1 aliphatic carbocycles. The number of fused-ring (bicyclic) bond motifs is 1. The maximum atomic E-state index is 15.2. The van der Waals surface area contributed by atoms with E-state index >= 15 is 4.39 Å². The van der Waals surface area contributed by atoms with E-state index in [9.17, 15) is 9.59 Å². The van der Waals surface area contributed by atoms with E-state index in [1.807, 2.05) is 24.4 Å². The van der Waals surface area contributed by atoms with Crippen molar-refractivity contribution in [3.8, 4) is 11.4 Å². The monoisotopic (exact) mass is 615 g/mol. The van der Waals surface area contributed by atoms with E-state index in [-0.39, 0.29) is 48.1 Å². The Balaban J connectivity index is 1.19.